The molecular formula is C17H25BrN2O3. The second kappa shape index (κ2) is 7.07. The van der Waals surface area contributed by atoms with Crippen LogP contribution in [0.25, 0.3) is 0 Å². The van der Waals surface area contributed by atoms with Crippen LogP contribution in [0.2, 0.25) is 0 Å². The third-order valence-corrected chi connectivity index (χ3v) is 4.73. The fourth-order valence-electron chi connectivity index (χ4n) is 2.73. The zero-order valence-electron chi connectivity index (χ0n) is 14.5. The summed E-state index contributed by atoms with van der Waals surface area (Å²) >= 11 is 3.54. The Morgan fingerprint density at radius 1 is 1.35 bits per heavy atom. The number of hydrogen-bond donors (Lipinski definition) is 0. The van der Waals surface area contributed by atoms with Crippen molar-refractivity contribution in [2.75, 3.05) is 20.2 Å². The van der Waals surface area contributed by atoms with Gasteiger partial charge in [-0.1, -0.05) is 0 Å². The Kier molecular flexibility index (Phi) is 5.55. The fourth-order valence-corrected chi connectivity index (χ4v) is 3.06. The van der Waals surface area contributed by atoms with Crippen molar-refractivity contribution in [3.63, 3.8) is 0 Å². The Balaban J connectivity index is 2.05. The SMILES string of the molecule is COc1nc(C)c(Br)cc1C1CCN(C(=O)OC(C)(C)C)CC1. The van der Waals surface area contributed by atoms with Gasteiger partial charge < -0.3 is 14.4 Å². The standard InChI is InChI=1S/C17H25BrN2O3/c1-11-14(18)10-13(15(19-11)22-5)12-6-8-20(9-7-12)16(21)23-17(2,3)4/h10,12H,6-9H2,1-5H3. The second-order valence-corrected chi connectivity index (χ2v) is 7.75. The molecule has 0 aromatic carbocycles. The van der Waals surface area contributed by atoms with Crippen LogP contribution in [0, 0.1) is 6.92 Å². The zero-order valence-corrected chi connectivity index (χ0v) is 16.1. The predicted molar refractivity (Wildman–Crippen MR) is 93.0 cm³/mol. The van der Waals surface area contributed by atoms with E-state index in [9.17, 15) is 4.79 Å². The van der Waals surface area contributed by atoms with Crippen LogP contribution >= 0.6 is 15.9 Å². The molecule has 1 aliphatic rings. The topological polar surface area (TPSA) is 51.7 Å². The summed E-state index contributed by atoms with van der Waals surface area (Å²) in [5.74, 6) is 1.02. The monoisotopic (exact) mass is 384 g/mol. The predicted octanol–water partition coefficient (Wildman–Crippen LogP) is 4.28. The van der Waals surface area contributed by atoms with E-state index in [1.807, 2.05) is 27.7 Å². The highest BCUT2D eigenvalue weighted by molar-refractivity contribution is 9.10. The van der Waals surface area contributed by atoms with Gasteiger partial charge in [0.25, 0.3) is 0 Å². The lowest BCUT2D eigenvalue weighted by Crippen LogP contribution is -2.41. The number of nitrogens with zero attached hydrogens (tertiary/aromatic N) is 2. The van der Waals surface area contributed by atoms with E-state index in [4.69, 9.17) is 9.47 Å². The molecule has 1 aliphatic heterocycles. The van der Waals surface area contributed by atoms with Crippen LogP contribution in [0.3, 0.4) is 0 Å². The first-order valence-corrected chi connectivity index (χ1v) is 8.69. The molecule has 0 aliphatic carbocycles. The smallest absolute Gasteiger partial charge is 0.410 e. The fraction of sp³-hybridized carbons (Fsp3) is 0.647. The molecule has 23 heavy (non-hydrogen) atoms. The van der Waals surface area contributed by atoms with Gasteiger partial charge in [-0.2, -0.15) is 0 Å². The molecule has 5 nitrogen and oxygen atoms in total. The number of ether oxygens (including phenoxy) is 2. The number of piperidine rings is 1. The second-order valence-electron chi connectivity index (χ2n) is 6.90. The number of hydrogen-bond acceptors (Lipinski definition) is 4. The van der Waals surface area contributed by atoms with E-state index in [2.05, 4.69) is 27.0 Å². The number of carbonyl (C=O) groups excluding carboxylic acids is 1. The molecule has 0 radical (unpaired) electrons. The number of pyridine rings is 1. The quantitative estimate of drug-likeness (QED) is 0.763. The third-order valence-electron chi connectivity index (χ3n) is 3.92. The average molecular weight is 385 g/mol. The number of halogens is 1. The van der Waals surface area contributed by atoms with Crippen LogP contribution in [0.1, 0.15) is 50.8 Å². The molecule has 0 saturated carbocycles. The summed E-state index contributed by atoms with van der Waals surface area (Å²) in [6.07, 6.45) is 1.53. The summed E-state index contributed by atoms with van der Waals surface area (Å²) in [5, 5.41) is 0. The number of likely N-dealkylation sites (tertiary alicyclic amines) is 1. The Morgan fingerprint density at radius 2 is 1.96 bits per heavy atom. The van der Waals surface area contributed by atoms with Gasteiger partial charge in [-0.05, 0) is 68.5 Å². The van der Waals surface area contributed by atoms with Gasteiger partial charge in [-0.25, -0.2) is 9.78 Å². The van der Waals surface area contributed by atoms with Gasteiger partial charge in [0.05, 0.1) is 12.8 Å². The van der Waals surface area contributed by atoms with E-state index in [0.29, 0.717) is 24.9 Å². The first-order valence-electron chi connectivity index (χ1n) is 7.90. The summed E-state index contributed by atoms with van der Waals surface area (Å²) in [7, 11) is 1.65. The van der Waals surface area contributed by atoms with Crippen molar-refractivity contribution < 1.29 is 14.3 Å². The third kappa shape index (κ3) is 4.59. The normalized spacial score (nSPS) is 16.3. The van der Waals surface area contributed by atoms with E-state index in [1.165, 1.54) is 0 Å². The Hall–Kier alpha value is -1.30. The van der Waals surface area contributed by atoms with E-state index < -0.39 is 5.60 Å². The van der Waals surface area contributed by atoms with E-state index in [0.717, 1.165) is 28.6 Å². The molecule has 6 heteroatoms. The maximum Gasteiger partial charge on any atom is 0.410 e. The van der Waals surface area contributed by atoms with Crippen LogP contribution in [0.15, 0.2) is 10.5 Å². The summed E-state index contributed by atoms with van der Waals surface area (Å²) < 4.78 is 11.9. The number of methoxy groups -OCH3 is 1. The van der Waals surface area contributed by atoms with Crippen LogP contribution < -0.4 is 4.74 Å². The van der Waals surface area contributed by atoms with Crippen molar-refractivity contribution in [2.45, 2.75) is 52.1 Å². The number of amides is 1. The molecule has 0 atom stereocenters. The van der Waals surface area contributed by atoms with Crippen LogP contribution in [-0.2, 0) is 4.74 Å². The lowest BCUT2D eigenvalue weighted by atomic mass is 9.90. The molecule has 1 aromatic heterocycles. The van der Waals surface area contributed by atoms with Gasteiger partial charge in [-0.15, -0.1) is 0 Å². The number of rotatable bonds is 2. The molecule has 1 fully saturated rings. The lowest BCUT2D eigenvalue weighted by molar-refractivity contribution is 0.0204. The van der Waals surface area contributed by atoms with Crippen molar-refractivity contribution in [2.24, 2.45) is 0 Å². The van der Waals surface area contributed by atoms with E-state index >= 15 is 0 Å². The Bertz CT molecular complexity index is 576. The molecular weight excluding hydrogens is 360 g/mol. The molecule has 0 spiro atoms. The highest BCUT2D eigenvalue weighted by Gasteiger charge is 2.29. The summed E-state index contributed by atoms with van der Waals surface area (Å²) in [5.41, 5.74) is 1.56. The minimum absolute atomic E-state index is 0.230. The number of carbonyl (C=O) groups is 1. The number of aromatic nitrogens is 1. The molecule has 1 amide bonds. The molecule has 0 bridgehead atoms. The highest BCUT2D eigenvalue weighted by Crippen LogP contribution is 2.35. The van der Waals surface area contributed by atoms with Crippen molar-refractivity contribution in [1.29, 1.82) is 0 Å². The van der Waals surface area contributed by atoms with Gasteiger partial charge >= 0.3 is 6.09 Å². The van der Waals surface area contributed by atoms with Crippen molar-refractivity contribution >= 4 is 22.0 Å². The summed E-state index contributed by atoms with van der Waals surface area (Å²) in [4.78, 5) is 18.4. The molecule has 128 valence electrons. The van der Waals surface area contributed by atoms with Crippen LogP contribution in [-0.4, -0.2) is 41.8 Å². The summed E-state index contributed by atoms with van der Waals surface area (Å²) in [6.45, 7) is 8.98. The molecule has 0 unspecified atom stereocenters. The first-order chi connectivity index (χ1) is 10.7. The lowest BCUT2D eigenvalue weighted by Gasteiger charge is -2.33. The Labute approximate surface area is 146 Å². The molecule has 2 rings (SSSR count). The van der Waals surface area contributed by atoms with Crippen molar-refractivity contribution in [3.8, 4) is 5.88 Å². The summed E-state index contributed by atoms with van der Waals surface area (Å²) in [6, 6.07) is 2.09. The molecule has 1 saturated heterocycles. The zero-order chi connectivity index (χ0) is 17.2. The van der Waals surface area contributed by atoms with Gasteiger partial charge in [0.2, 0.25) is 5.88 Å². The minimum Gasteiger partial charge on any atom is -0.481 e. The van der Waals surface area contributed by atoms with E-state index in [-0.39, 0.29) is 6.09 Å². The molecule has 1 aromatic rings. The maximum atomic E-state index is 12.1. The Morgan fingerprint density at radius 3 is 2.48 bits per heavy atom. The minimum atomic E-state index is -0.455. The van der Waals surface area contributed by atoms with E-state index in [1.54, 1.807) is 12.0 Å². The number of aryl methyl sites for hydroxylation is 1. The maximum absolute atomic E-state index is 12.1. The van der Waals surface area contributed by atoms with Crippen LogP contribution in [0.4, 0.5) is 4.79 Å². The van der Waals surface area contributed by atoms with Gasteiger partial charge in [0, 0.05) is 23.1 Å². The van der Waals surface area contributed by atoms with Crippen molar-refractivity contribution in [1.82, 2.24) is 9.88 Å². The first kappa shape index (κ1) is 18.0. The average Bonchev–Trinajstić information content (AvgIpc) is 2.48. The largest absolute Gasteiger partial charge is 0.481 e. The van der Waals surface area contributed by atoms with Crippen molar-refractivity contribution in [3.05, 3.63) is 21.8 Å². The molecule has 0 N–H and O–H groups in total. The molecule has 2 heterocycles. The van der Waals surface area contributed by atoms with Gasteiger partial charge in [0.1, 0.15) is 5.60 Å². The highest BCUT2D eigenvalue weighted by atomic mass is 79.9. The van der Waals surface area contributed by atoms with Crippen LogP contribution in [0.5, 0.6) is 5.88 Å². The van der Waals surface area contributed by atoms with Gasteiger partial charge in [0.15, 0.2) is 0 Å². The van der Waals surface area contributed by atoms with Gasteiger partial charge in [-0.3, -0.25) is 0 Å².